The molecule has 0 saturated carbocycles. The lowest BCUT2D eigenvalue weighted by molar-refractivity contribution is -0.451. The molecule has 0 aromatic carbocycles. The molecule has 13 heteroatoms. The van der Waals surface area contributed by atoms with Gasteiger partial charge in [-0.1, -0.05) is 11.6 Å². The minimum Gasteiger partial charge on any atom is -0.222 e. The Balaban J connectivity index is 5.50. The molecule has 110 valence electrons. The topological polar surface area (TPSA) is 9.23 Å². The van der Waals surface area contributed by atoms with Gasteiger partial charge < -0.3 is 0 Å². The number of hydrogen-bond acceptors (Lipinski definition) is 1. The van der Waals surface area contributed by atoms with Gasteiger partial charge in [0.1, 0.15) is 0 Å². The van der Waals surface area contributed by atoms with E-state index >= 15 is 0 Å². The van der Waals surface area contributed by atoms with E-state index in [1.165, 1.54) is 0 Å². The lowest BCUT2D eigenvalue weighted by Gasteiger charge is -2.36. The quantitative estimate of drug-likeness (QED) is 0.360. The summed E-state index contributed by atoms with van der Waals surface area (Å²) in [6, 6.07) is 0. The summed E-state index contributed by atoms with van der Waals surface area (Å²) in [6.45, 7) is 0. The highest BCUT2D eigenvalue weighted by Gasteiger charge is 2.79. The fourth-order valence-corrected chi connectivity index (χ4v) is 1.03. The second kappa shape index (κ2) is 4.68. The second-order valence-electron chi connectivity index (χ2n) is 2.71. The summed E-state index contributed by atoms with van der Waals surface area (Å²) in [5, 5.41) is -5.83. The number of rotatable bonds is 3. The fourth-order valence-electron chi connectivity index (χ4n) is 0.570. The highest BCUT2D eigenvalue weighted by molar-refractivity contribution is 14.1. The molecule has 18 heavy (non-hydrogen) atoms. The fraction of sp³-hybridized carbons (Fsp3) is 1.00. The lowest BCUT2D eigenvalue weighted by Crippen LogP contribution is -2.60. The van der Waals surface area contributed by atoms with E-state index in [9.17, 15) is 43.9 Å². The molecule has 0 aliphatic carbocycles. The maximum Gasteiger partial charge on any atom is 0.527 e. The second-order valence-corrected chi connectivity index (χ2v) is 4.72. The van der Waals surface area contributed by atoms with Crippen LogP contribution in [-0.2, 0) is 4.74 Å². The van der Waals surface area contributed by atoms with Gasteiger partial charge in [0, 0.05) is 0 Å². The van der Waals surface area contributed by atoms with Crippen molar-refractivity contribution in [1.82, 2.24) is 0 Å². The third-order valence-electron chi connectivity index (χ3n) is 1.36. The van der Waals surface area contributed by atoms with E-state index in [0.717, 1.165) is 0 Å². The van der Waals surface area contributed by atoms with Crippen molar-refractivity contribution >= 4 is 34.2 Å². The molecule has 0 saturated heterocycles. The van der Waals surface area contributed by atoms with Gasteiger partial charge in [-0.3, -0.25) is 0 Å². The number of ether oxygens (including phenoxy) is 1. The number of alkyl halides is 12. The predicted molar refractivity (Wildman–Crippen MR) is 45.7 cm³/mol. The Morgan fingerprint density at radius 1 is 0.778 bits per heavy atom. The Morgan fingerprint density at radius 2 is 1.11 bits per heavy atom. The molecule has 0 rings (SSSR count). The Bertz CT molecular complexity index is 306. The van der Waals surface area contributed by atoms with Gasteiger partial charge in [-0.25, -0.2) is 13.5 Å². The van der Waals surface area contributed by atoms with E-state index in [1.54, 1.807) is 4.74 Å². The van der Waals surface area contributed by atoms with Crippen molar-refractivity contribution in [2.45, 2.75) is 27.5 Å². The minimum atomic E-state index is -6.31. The molecule has 0 heterocycles. The van der Waals surface area contributed by atoms with Crippen molar-refractivity contribution in [2.24, 2.45) is 0 Å². The van der Waals surface area contributed by atoms with Gasteiger partial charge in [-0.15, -0.1) is 13.2 Å². The van der Waals surface area contributed by atoms with Crippen LogP contribution in [0.15, 0.2) is 0 Å². The molecule has 0 spiro atoms. The predicted octanol–water partition coefficient (Wildman–Crippen LogP) is 4.68. The van der Waals surface area contributed by atoms with Crippen molar-refractivity contribution in [3.05, 3.63) is 0 Å². The Hall–Kier alpha value is 0.280. The summed E-state index contributed by atoms with van der Waals surface area (Å²) in [4.78, 5) is 0. The molecule has 0 amide bonds. The Morgan fingerprint density at radius 3 is 1.33 bits per heavy atom. The molecule has 0 bridgehead atoms. The first-order valence-electron chi connectivity index (χ1n) is 3.43. The molecular weight excluding hydrogens is 428 g/mol. The van der Waals surface area contributed by atoms with E-state index in [0.29, 0.717) is 0 Å². The number of halogens is 12. The van der Waals surface area contributed by atoms with Crippen LogP contribution in [0.25, 0.3) is 0 Å². The van der Waals surface area contributed by atoms with Gasteiger partial charge in [0.25, 0.3) is 0 Å². The summed E-state index contributed by atoms with van der Waals surface area (Å²) in [7, 11) is 0. The van der Waals surface area contributed by atoms with Crippen molar-refractivity contribution in [1.29, 1.82) is 0 Å². The van der Waals surface area contributed by atoms with Crippen LogP contribution < -0.4 is 0 Å². The molecule has 0 aliphatic heterocycles. The first kappa shape index (κ1) is 18.3. The van der Waals surface area contributed by atoms with E-state index in [1.807, 2.05) is 0 Å². The van der Waals surface area contributed by atoms with Crippen molar-refractivity contribution in [2.75, 3.05) is 0 Å². The van der Waals surface area contributed by atoms with Crippen LogP contribution in [-0.4, -0.2) is 27.5 Å². The summed E-state index contributed by atoms with van der Waals surface area (Å²) < 4.78 is 117. The van der Waals surface area contributed by atoms with Gasteiger partial charge in [0.05, 0.1) is 0 Å². The lowest BCUT2D eigenvalue weighted by atomic mass is 10.2. The van der Waals surface area contributed by atoms with Gasteiger partial charge in [0.2, 0.25) is 0 Å². The maximum absolute atomic E-state index is 13.0. The normalized spacial score (nSPS) is 21.3. The van der Waals surface area contributed by atoms with Crippen molar-refractivity contribution in [3.63, 3.8) is 0 Å². The van der Waals surface area contributed by atoms with Gasteiger partial charge in [0.15, 0.2) is 0 Å². The smallest absolute Gasteiger partial charge is 0.222 e. The summed E-state index contributed by atoms with van der Waals surface area (Å²) in [6.07, 6.45) is -18.8. The minimum absolute atomic E-state index is 0.524. The molecule has 1 nitrogen and oxygen atoms in total. The molecule has 2 unspecified atom stereocenters. The number of hydrogen-bond donors (Lipinski definition) is 0. The Labute approximate surface area is 111 Å². The SMILES string of the molecule is FC(F)(F)OC(F)(F)C(F)(Cl)C(F)(I)C(F)(F)F. The zero-order valence-electron chi connectivity index (χ0n) is 7.44. The summed E-state index contributed by atoms with van der Waals surface area (Å²) in [5.74, 6) is 0. The largest absolute Gasteiger partial charge is 0.527 e. The molecule has 2 atom stereocenters. The van der Waals surface area contributed by atoms with E-state index in [2.05, 4.69) is 11.6 Å². The first-order chi connectivity index (χ1) is 7.46. The zero-order chi connectivity index (χ0) is 15.2. The molecule has 0 aromatic heterocycles. The summed E-state index contributed by atoms with van der Waals surface area (Å²) >= 11 is 3.44. The maximum atomic E-state index is 13.0. The zero-order valence-corrected chi connectivity index (χ0v) is 10.4. The standard InChI is InChI=1S/C5ClF10IO/c6-1(7,2(8,17)3(9,10)11)4(12,13)18-5(14,15)16. The Kier molecular flexibility index (Phi) is 4.75. The van der Waals surface area contributed by atoms with E-state index in [4.69, 9.17) is 0 Å². The van der Waals surface area contributed by atoms with Crippen LogP contribution in [0, 0.1) is 0 Å². The molecule has 0 aliphatic rings. The average Bonchev–Trinajstić information content (AvgIpc) is 1.95. The van der Waals surface area contributed by atoms with Crippen LogP contribution in [0.4, 0.5) is 43.9 Å². The highest BCUT2D eigenvalue weighted by atomic mass is 127. The van der Waals surface area contributed by atoms with E-state index in [-0.39, 0.29) is 0 Å². The van der Waals surface area contributed by atoms with Crippen LogP contribution in [0.1, 0.15) is 0 Å². The van der Waals surface area contributed by atoms with Crippen LogP contribution in [0.3, 0.4) is 0 Å². The van der Waals surface area contributed by atoms with Gasteiger partial charge in [-0.05, 0) is 22.6 Å². The molecule has 0 N–H and O–H groups in total. The molecule has 0 aromatic rings. The molecule has 0 radical (unpaired) electrons. The van der Waals surface area contributed by atoms with Crippen molar-refractivity contribution in [3.8, 4) is 0 Å². The van der Waals surface area contributed by atoms with Gasteiger partial charge >= 0.3 is 27.5 Å². The van der Waals surface area contributed by atoms with Crippen LogP contribution in [0.5, 0.6) is 0 Å². The summed E-state index contributed by atoms with van der Waals surface area (Å²) in [5.41, 5.74) is 0. The van der Waals surface area contributed by atoms with Gasteiger partial charge in [-0.2, -0.15) is 22.0 Å². The third-order valence-corrected chi connectivity index (χ3v) is 3.51. The first-order valence-corrected chi connectivity index (χ1v) is 4.88. The highest BCUT2D eigenvalue weighted by Crippen LogP contribution is 2.58. The molecule has 0 fully saturated rings. The van der Waals surface area contributed by atoms with E-state index < -0.39 is 50.0 Å². The molecular formula is C5ClF10IO. The average molecular weight is 428 g/mol. The monoisotopic (exact) mass is 428 g/mol. The van der Waals surface area contributed by atoms with Crippen molar-refractivity contribution < 1.29 is 48.6 Å². The van der Waals surface area contributed by atoms with Crippen LogP contribution >= 0.6 is 34.2 Å². The third kappa shape index (κ3) is 3.43. The van der Waals surface area contributed by atoms with Crippen LogP contribution in [0.2, 0.25) is 0 Å².